The molecule has 0 saturated carbocycles. The number of carbonyl (C=O) groups excluding carboxylic acids is 1. The molecule has 0 saturated heterocycles. The first-order chi connectivity index (χ1) is 8.20. The third-order valence-corrected chi connectivity index (χ3v) is 2.72. The quantitative estimate of drug-likeness (QED) is 0.775. The lowest BCUT2D eigenvalue weighted by molar-refractivity contribution is -0.120. The number of hydrogen-bond acceptors (Lipinski definition) is 1. The van der Waals surface area contributed by atoms with Gasteiger partial charge in [0.15, 0.2) is 0 Å². The highest BCUT2D eigenvalue weighted by atomic mass is 16.1. The summed E-state index contributed by atoms with van der Waals surface area (Å²) in [7, 11) is 0. The van der Waals surface area contributed by atoms with Gasteiger partial charge in [-0.1, -0.05) is 17.7 Å². The van der Waals surface area contributed by atoms with E-state index in [9.17, 15) is 4.79 Å². The summed E-state index contributed by atoms with van der Waals surface area (Å²) < 4.78 is 0. The average molecular weight is 228 g/mol. The van der Waals surface area contributed by atoms with Crippen molar-refractivity contribution in [3.05, 3.63) is 48.2 Å². The maximum atomic E-state index is 11.6. The number of benzene rings is 1. The van der Waals surface area contributed by atoms with Crippen LogP contribution in [0, 0.1) is 6.92 Å². The predicted molar refractivity (Wildman–Crippen MR) is 69.9 cm³/mol. The van der Waals surface area contributed by atoms with Crippen LogP contribution in [0.25, 0.3) is 10.9 Å². The molecule has 0 aliphatic carbocycles. The largest absolute Gasteiger partial charge is 0.361 e. The van der Waals surface area contributed by atoms with Crippen molar-refractivity contribution in [2.45, 2.75) is 13.3 Å². The first kappa shape index (κ1) is 11.5. The number of carbonyl (C=O) groups is 1. The van der Waals surface area contributed by atoms with Crippen LogP contribution in [0.15, 0.2) is 37.1 Å². The normalized spacial score (nSPS) is 10.4. The molecule has 1 aromatic heterocycles. The van der Waals surface area contributed by atoms with Gasteiger partial charge < -0.3 is 10.3 Å². The minimum absolute atomic E-state index is 0.0207. The van der Waals surface area contributed by atoms with E-state index in [4.69, 9.17) is 0 Å². The lowest BCUT2D eigenvalue weighted by atomic mass is 10.1. The average Bonchev–Trinajstić information content (AvgIpc) is 2.69. The third-order valence-electron chi connectivity index (χ3n) is 2.72. The van der Waals surface area contributed by atoms with E-state index in [-0.39, 0.29) is 5.91 Å². The SMILES string of the molecule is C=CCNC(=O)Cc1c[nH]c2ccc(C)cc12. The molecule has 2 rings (SSSR count). The van der Waals surface area contributed by atoms with Gasteiger partial charge in [-0.05, 0) is 24.6 Å². The van der Waals surface area contributed by atoms with Crippen molar-refractivity contribution in [3.63, 3.8) is 0 Å². The first-order valence-electron chi connectivity index (χ1n) is 5.65. The van der Waals surface area contributed by atoms with Crippen molar-refractivity contribution in [1.29, 1.82) is 0 Å². The fourth-order valence-corrected chi connectivity index (χ4v) is 1.86. The zero-order chi connectivity index (χ0) is 12.3. The van der Waals surface area contributed by atoms with Crippen molar-refractivity contribution >= 4 is 16.8 Å². The first-order valence-corrected chi connectivity index (χ1v) is 5.65. The number of aromatic amines is 1. The Morgan fingerprint density at radius 3 is 3.12 bits per heavy atom. The molecule has 1 heterocycles. The summed E-state index contributed by atoms with van der Waals surface area (Å²) in [4.78, 5) is 14.8. The monoisotopic (exact) mass is 228 g/mol. The second-order valence-corrected chi connectivity index (χ2v) is 4.13. The van der Waals surface area contributed by atoms with Crippen LogP contribution in [0.2, 0.25) is 0 Å². The van der Waals surface area contributed by atoms with Crippen molar-refractivity contribution in [2.24, 2.45) is 0 Å². The summed E-state index contributed by atoms with van der Waals surface area (Å²) in [5.74, 6) is 0.0207. The van der Waals surface area contributed by atoms with Crippen LogP contribution in [-0.2, 0) is 11.2 Å². The molecule has 0 bridgehead atoms. The molecule has 17 heavy (non-hydrogen) atoms. The standard InChI is InChI=1S/C14H16N2O/c1-3-6-15-14(17)8-11-9-16-13-5-4-10(2)7-12(11)13/h3-5,7,9,16H,1,6,8H2,2H3,(H,15,17). The molecule has 3 heteroatoms. The summed E-state index contributed by atoms with van der Waals surface area (Å²) in [6.45, 7) is 6.13. The highest BCUT2D eigenvalue weighted by Gasteiger charge is 2.07. The second kappa shape index (κ2) is 4.87. The van der Waals surface area contributed by atoms with Crippen molar-refractivity contribution in [2.75, 3.05) is 6.54 Å². The molecule has 88 valence electrons. The van der Waals surface area contributed by atoms with Crippen LogP contribution in [0.4, 0.5) is 0 Å². The fraction of sp³-hybridized carbons (Fsp3) is 0.214. The topological polar surface area (TPSA) is 44.9 Å². The molecule has 0 aliphatic rings. The van der Waals surface area contributed by atoms with Crippen LogP contribution >= 0.6 is 0 Å². The Morgan fingerprint density at radius 1 is 1.53 bits per heavy atom. The summed E-state index contributed by atoms with van der Waals surface area (Å²) in [5.41, 5.74) is 3.30. The molecule has 2 N–H and O–H groups in total. The Kier molecular flexibility index (Phi) is 3.28. The van der Waals surface area contributed by atoms with Gasteiger partial charge in [-0.15, -0.1) is 6.58 Å². The van der Waals surface area contributed by atoms with Crippen molar-refractivity contribution < 1.29 is 4.79 Å². The maximum absolute atomic E-state index is 11.6. The highest BCUT2D eigenvalue weighted by Crippen LogP contribution is 2.19. The fourth-order valence-electron chi connectivity index (χ4n) is 1.86. The molecule has 2 aromatic rings. The van der Waals surface area contributed by atoms with Gasteiger partial charge in [0.1, 0.15) is 0 Å². The zero-order valence-corrected chi connectivity index (χ0v) is 9.92. The highest BCUT2D eigenvalue weighted by molar-refractivity contribution is 5.89. The van der Waals surface area contributed by atoms with Gasteiger partial charge in [-0.3, -0.25) is 4.79 Å². The molecule has 0 aliphatic heterocycles. The number of aromatic nitrogens is 1. The van der Waals surface area contributed by atoms with E-state index in [1.54, 1.807) is 6.08 Å². The van der Waals surface area contributed by atoms with Gasteiger partial charge >= 0.3 is 0 Å². The Hall–Kier alpha value is -2.03. The second-order valence-electron chi connectivity index (χ2n) is 4.13. The number of fused-ring (bicyclic) bond motifs is 1. The number of nitrogens with one attached hydrogen (secondary N) is 2. The van der Waals surface area contributed by atoms with Gasteiger partial charge in [-0.2, -0.15) is 0 Å². The van der Waals surface area contributed by atoms with Gasteiger partial charge in [0.2, 0.25) is 5.91 Å². The van der Waals surface area contributed by atoms with E-state index in [0.717, 1.165) is 16.5 Å². The van der Waals surface area contributed by atoms with Crippen molar-refractivity contribution in [3.8, 4) is 0 Å². The Balaban J connectivity index is 2.21. The molecular formula is C14H16N2O. The predicted octanol–water partition coefficient (Wildman–Crippen LogP) is 2.32. The van der Waals surface area contributed by atoms with E-state index in [0.29, 0.717) is 13.0 Å². The van der Waals surface area contributed by atoms with Gasteiger partial charge in [-0.25, -0.2) is 0 Å². The summed E-state index contributed by atoms with van der Waals surface area (Å²) >= 11 is 0. The molecule has 0 atom stereocenters. The molecule has 1 aromatic carbocycles. The number of amides is 1. The Bertz CT molecular complexity index is 554. The minimum atomic E-state index is 0.0207. The third kappa shape index (κ3) is 2.56. The van der Waals surface area contributed by atoms with Gasteiger partial charge in [0.05, 0.1) is 6.42 Å². The summed E-state index contributed by atoms with van der Waals surface area (Å²) in [6.07, 6.45) is 3.98. The van der Waals surface area contributed by atoms with Crippen LogP contribution in [0.5, 0.6) is 0 Å². The van der Waals surface area contributed by atoms with E-state index in [1.807, 2.05) is 19.2 Å². The maximum Gasteiger partial charge on any atom is 0.224 e. The van der Waals surface area contributed by atoms with E-state index in [1.165, 1.54) is 5.56 Å². The molecule has 3 nitrogen and oxygen atoms in total. The molecule has 0 unspecified atom stereocenters. The summed E-state index contributed by atoms with van der Waals surface area (Å²) in [5, 5.41) is 3.90. The van der Waals surface area contributed by atoms with Crippen LogP contribution in [0.1, 0.15) is 11.1 Å². The Morgan fingerprint density at radius 2 is 2.35 bits per heavy atom. The van der Waals surface area contributed by atoms with Gasteiger partial charge in [0.25, 0.3) is 0 Å². The van der Waals surface area contributed by atoms with E-state index < -0.39 is 0 Å². The van der Waals surface area contributed by atoms with E-state index in [2.05, 4.69) is 29.0 Å². The van der Waals surface area contributed by atoms with Gasteiger partial charge in [0, 0.05) is 23.6 Å². The van der Waals surface area contributed by atoms with Crippen LogP contribution in [-0.4, -0.2) is 17.4 Å². The molecule has 0 fully saturated rings. The van der Waals surface area contributed by atoms with Crippen molar-refractivity contribution in [1.82, 2.24) is 10.3 Å². The van der Waals surface area contributed by atoms with Crippen LogP contribution < -0.4 is 5.32 Å². The van der Waals surface area contributed by atoms with Crippen LogP contribution in [0.3, 0.4) is 0 Å². The molecule has 0 radical (unpaired) electrons. The Labute approximate surface area is 101 Å². The summed E-state index contributed by atoms with van der Waals surface area (Å²) in [6, 6.07) is 6.19. The minimum Gasteiger partial charge on any atom is -0.361 e. The lowest BCUT2D eigenvalue weighted by Gasteiger charge is -2.01. The molecule has 0 spiro atoms. The number of hydrogen-bond donors (Lipinski definition) is 2. The van der Waals surface area contributed by atoms with E-state index >= 15 is 0 Å². The number of H-pyrrole nitrogens is 1. The molecule has 1 amide bonds. The molecular weight excluding hydrogens is 212 g/mol. The lowest BCUT2D eigenvalue weighted by Crippen LogP contribution is -2.24. The smallest absolute Gasteiger partial charge is 0.224 e. The number of aryl methyl sites for hydroxylation is 1. The number of rotatable bonds is 4. The zero-order valence-electron chi connectivity index (χ0n) is 9.92.